The number of hydrogen-bond acceptors (Lipinski definition) is 3. The Bertz CT molecular complexity index is 684. The Labute approximate surface area is 131 Å². The molecule has 0 spiro atoms. The number of rotatable bonds is 3. The monoisotopic (exact) mass is 298 g/mol. The van der Waals surface area contributed by atoms with Crippen LogP contribution in [0.3, 0.4) is 0 Å². The molecule has 0 saturated heterocycles. The number of nitrogen functional groups attached to an aromatic ring is 1. The fourth-order valence-corrected chi connectivity index (χ4v) is 3.72. The summed E-state index contributed by atoms with van der Waals surface area (Å²) in [5.41, 5.74) is 10.6. The van der Waals surface area contributed by atoms with Crippen LogP contribution in [0.25, 0.3) is 10.4 Å². The largest absolute Gasteiger partial charge is 0.397 e. The second-order valence-corrected chi connectivity index (χ2v) is 7.33. The minimum atomic E-state index is 0.0611. The summed E-state index contributed by atoms with van der Waals surface area (Å²) in [5, 5.41) is 9.28. The lowest BCUT2D eigenvalue weighted by Crippen LogP contribution is -2.12. The maximum atomic E-state index is 9.28. The number of benzene rings is 1. The van der Waals surface area contributed by atoms with Crippen LogP contribution in [0.1, 0.15) is 50.1 Å². The van der Waals surface area contributed by atoms with Gasteiger partial charge in [-0.15, -0.1) is 11.3 Å². The topological polar surface area (TPSA) is 49.8 Å². The number of nitrogens with zero attached hydrogens (tertiary/aromatic N) is 1. The summed E-state index contributed by atoms with van der Waals surface area (Å²) >= 11 is 1.52. The van der Waals surface area contributed by atoms with Crippen LogP contribution in [-0.4, -0.2) is 0 Å². The maximum Gasteiger partial charge on any atom is 0.128 e. The molecule has 2 N–H and O–H groups in total. The molecular weight excluding hydrogens is 276 g/mol. The predicted molar refractivity (Wildman–Crippen MR) is 91.6 cm³/mol. The molecule has 110 valence electrons. The zero-order valence-corrected chi connectivity index (χ0v) is 14.0. The van der Waals surface area contributed by atoms with Gasteiger partial charge in [0.25, 0.3) is 0 Å². The summed E-state index contributed by atoms with van der Waals surface area (Å²) in [4.78, 5) is 1.80. The van der Waals surface area contributed by atoms with Crippen molar-refractivity contribution >= 4 is 17.0 Å². The molecule has 1 aromatic heterocycles. The number of nitrogens with two attached hydrogens (primary N) is 1. The molecule has 2 rings (SSSR count). The molecule has 0 radical (unpaired) electrons. The Kier molecular flexibility index (Phi) is 4.39. The maximum absolute atomic E-state index is 9.28. The highest BCUT2D eigenvalue weighted by atomic mass is 32.1. The van der Waals surface area contributed by atoms with Crippen LogP contribution < -0.4 is 5.73 Å². The Morgan fingerprint density at radius 3 is 2.48 bits per heavy atom. The van der Waals surface area contributed by atoms with E-state index in [1.807, 2.05) is 0 Å². The summed E-state index contributed by atoms with van der Waals surface area (Å²) in [6.45, 7) is 8.79. The third-order valence-electron chi connectivity index (χ3n) is 3.63. The van der Waals surface area contributed by atoms with Crippen molar-refractivity contribution < 1.29 is 0 Å². The first-order chi connectivity index (χ1) is 9.90. The van der Waals surface area contributed by atoms with Crippen molar-refractivity contribution in [3.05, 3.63) is 40.3 Å². The summed E-state index contributed by atoms with van der Waals surface area (Å²) in [6.07, 6.45) is 1.94. The second kappa shape index (κ2) is 5.91. The average molecular weight is 298 g/mol. The summed E-state index contributed by atoms with van der Waals surface area (Å²) in [5.74, 6) is 0. The molecule has 0 aliphatic heterocycles. The molecule has 0 aliphatic rings. The van der Waals surface area contributed by atoms with Crippen LogP contribution in [0, 0.1) is 11.3 Å². The van der Waals surface area contributed by atoms with Gasteiger partial charge in [-0.05, 0) is 28.5 Å². The lowest BCUT2D eigenvalue weighted by molar-refractivity contribution is 0.592. The van der Waals surface area contributed by atoms with Gasteiger partial charge < -0.3 is 5.73 Å². The zero-order chi connectivity index (χ0) is 15.6. The molecule has 0 atom stereocenters. The minimum absolute atomic E-state index is 0.0611. The lowest BCUT2D eigenvalue weighted by Gasteiger charge is -2.23. The van der Waals surface area contributed by atoms with E-state index >= 15 is 0 Å². The van der Waals surface area contributed by atoms with E-state index in [0.29, 0.717) is 10.6 Å². The second-order valence-electron chi connectivity index (χ2n) is 6.31. The van der Waals surface area contributed by atoms with E-state index in [2.05, 4.69) is 58.0 Å². The van der Waals surface area contributed by atoms with Gasteiger partial charge in [0, 0.05) is 4.88 Å². The first-order valence-electron chi connectivity index (χ1n) is 7.31. The van der Waals surface area contributed by atoms with Gasteiger partial charge in [0.05, 0.1) is 5.69 Å². The van der Waals surface area contributed by atoms with Crippen LogP contribution in [-0.2, 0) is 11.8 Å². The molecule has 0 unspecified atom stereocenters. The van der Waals surface area contributed by atoms with Gasteiger partial charge in [0.15, 0.2) is 0 Å². The van der Waals surface area contributed by atoms with Gasteiger partial charge in [-0.25, -0.2) is 0 Å². The number of anilines is 1. The fourth-order valence-electron chi connectivity index (χ4n) is 2.61. The van der Waals surface area contributed by atoms with Crippen molar-refractivity contribution in [3.63, 3.8) is 0 Å². The van der Waals surface area contributed by atoms with Crippen molar-refractivity contribution in [2.75, 3.05) is 5.73 Å². The SMILES string of the molecule is CCCc1c(-c2ccccc2C(C)(C)C)sc(C#N)c1N. The molecule has 0 fully saturated rings. The van der Waals surface area contributed by atoms with Crippen LogP contribution in [0.4, 0.5) is 5.69 Å². The van der Waals surface area contributed by atoms with Gasteiger partial charge in [-0.1, -0.05) is 58.4 Å². The fraction of sp³-hybridized carbons (Fsp3) is 0.389. The predicted octanol–water partition coefficient (Wildman–Crippen LogP) is 5.12. The number of nitriles is 1. The molecule has 0 saturated carbocycles. The Hall–Kier alpha value is -1.79. The molecule has 2 nitrogen and oxygen atoms in total. The van der Waals surface area contributed by atoms with E-state index in [1.54, 1.807) is 0 Å². The normalized spacial score (nSPS) is 11.4. The molecule has 1 heterocycles. The Balaban J connectivity index is 2.71. The van der Waals surface area contributed by atoms with Crippen LogP contribution >= 0.6 is 11.3 Å². The highest BCUT2D eigenvalue weighted by Gasteiger charge is 2.23. The third-order valence-corrected chi connectivity index (χ3v) is 4.81. The molecule has 3 heteroatoms. The van der Waals surface area contributed by atoms with E-state index in [0.717, 1.165) is 23.3 Å². The lowest BCUT2D eigenvalue weighted by atomic mass is 9.82. The van der Waals surface area contributed by atoms with E-state index in [4.69, 9.17) is 5.73 Å². The third kappa shape index (κ3) is 2.96. The minimum Gasteiger partial charge on any atom is -0.397 e. The van der Waals surface area contributed by atoms with Gasteiger partial charge in [0.2, 0.25) is 0 Å². The van der Waals surface area contributed by atoms with Crippen molar-refractivity contribution in [3.8, 4) is 16.5 Å². The van der Waals surface area contributed by atoms with Gasteiger partial charge >= 0.3 is 0 Å². The molecular formula is C18H22N2S. The number of hydrogen-bond donors (Lipinski definition) is 1. The molecule has 1 aromatic carbocycles. The van der Waals surface area contributed by atoms with Gasteiger partial charge in [0.1, 0.15) is 10.9 Å². The van der Waals surface area contributed by atoms with Gasteiger partial charge in [-0.3, -0.25) is 0 Å². The molecule has 0 amide bonds. The molecule has 0 bridgehead atoms. The van der Waals surface area contributed by atoms with Crippen molar-refractivity contribution in [2.45, 2.75) is 46.0 Å². The van der Waals surface area contributed by atoms with Crippen LogP contribution in [0.15, 0.2) is 24.3 Å². The van der Waals surface area contributed by atoms with Gasteiger partial charge in [-0.2, -0.15) is 5.26 Å². The first kappa shape index (κ1) is 15.6. The summed E-state index contributed by atoms with van der Waals surface area (Å²) in [6, 6.07) is 10.7. The molecule has 21 heavy (non-hydrogen) atoms. The zero-order valence-electron chi connectivity index (χ0n) is 13.2. The average Bonchev–Trinajstić information content (AvgIpc) is 2.75. The summed E-state index contributed by atoms with van der Waals surface area (Å²) in [7, 11) is 0. The standard InChI is InChI=1S/C18H22N2S/c1-5-8-13-16(20)15(11-19)21-17(13)12-9-6-7-10-14(12)18(2,3)4/h6-7,9-10H,5,8,20H2,1-4H3. The van der Waals surface area contributed by atoms with Crippen molar-refractivity contribution in [1.29, 1.82) is 5.26 Å². The van der Waals surface area contributed by atoms with E-state index in [9.17, 15) is 5.26 Å². The van der Waals surface area contributed by atoms with E-state index < -0.39 is 0 Å². The number of thiophene rings is 1. The Morgan fingerprint density at radius 1 is 1.24 bits per heavy atom. The van der Waals surface area contributed by atoms with E-state index in [-0.39, 0.29) is 5.41 Å². The molecule has 2 aromatic rings. The van der Waals surface area contributed by atoms with Crippen LogP contribution in [0.2, 0.25) is 0 Å². The quantitative estimate of drug-likeness (QED) is 0.855. The first-order valence-corrected chi connectivity index (χ1v) is 8.13. The summed E-state index contributed by atoms with van der Waals surface area (Å²) < 4.78 is 0. The Morgan fingerprint density at radius 2 is 1.90 bits per heavy atom. The van der Waals surface area contributed by atoms with Crippen molar-refractivity contribution in [1.82, 2.24) is 0 Å². The highest BCUT2D eigenvalue weighted by Crippen LogP contribution is 2.42. The smallest absolute Gasteiger partial charge is 0.128 e. The van der Waals surface area contributed by atoms with E-state index in [1.165, 1.54) is 22.5 Å². The van der Waals surface area contributed by atoms with Crippen molar-refractivity contribution in [2.24, 2.45) is 0 Å². The van der Waals surface area contributed by atoms with Crippen LogP contribution in [0.5, 0.6) is 0 Å². The molecule has 0 aliphatic carbocycles. The highest BCUT2D eigenvalue weighted by molar-refractivity contribution is 7.16.